The van der Waals surface area contributed by atoms with E-state index in [2.05, 4.69) is 34.3 Å². The maximum atomic E-state index is 12.6. The number of nitrogens with one attached hydrogen (secondary N) is 1. The number of amides is 1. The van der Waals surface area contributed by atoms with Gasteiger partial charge in [-0.05, 0) is 58.7 Å². The Hall–Kier alpha value is -4.21. The van der Waals surface area contributed by atoms with Crippen LogP contribution in [0.5, 0.6) is 0 Å². The molecule has 0 aliphatic rings. The van der Waals surface area contributed by atoms with E-state index in [-0.39, 0.29) is 10.8 Å². The van der Waals surface area contributed by atoms with E-state index in [4.69, 9.17) is 0 Å². The molecule has 4 aromatic rings. The predicted molar refractivity (Wildman–Crippen MR) is 137 cm³/mol. The number of sulfone groups is 1. The molecule has 4 rings (SSSR count). The number of hydrogen-bond donors (Lipinski definition) is 1. The average Bonchev–Trinajstić information content (AvgIpc) is 2.88. The third kappa shape index (κ3) is 6.66. The first-order valence-electron chi connectivity index (χ1n) is 11.0. The molecule has 0 radical (unpaired) electrons. The number of benzene rings is 3. The van der Waals surface area contributed by atoms with Gasteiger partial charge in [-0.1, -0.05) is 60.4 Å². The van der Waals surface area contributed by atoms with Gasteiger partial charge in [0, 0.05) is 42.7 Å². The summed E-state index contributed by atoms with van der Waals surface area (Å²) in [6.45, 7) is 0.298. The second-order valence-electron chi connectivity index (χ2n) is 8.10. The van der Waals surface area contributed by atoms with Gasteiger partial charge >= 0.3 is 0 Å². The molecule has 6 heteroatoms. The highest BCUT2D eigenvalue weighted by molar-refractivity contribution is 7.90. The Labute approximate surface area is 205 Å². The van der Waals surface area contributed by atoms with Crippen molar-refractivity contribution in [2.75, 3.05) is 6.26 Å². The van der Waals surface area contributed by atoms with Gasteiger partial charge in [-0.15, -0.1) is 0 Å². The minimum absolute atomic E-state index is 0.218. The molecule has 174 valence electrons. The van der Waals surface area contributed by atoms with Crippen LogP contribution in [0.3, 0.4) is 0 Å². The highest BCUT2D eigenvalue weighted by atomic mass is 32.2. The summed E-state index contributed by atoms with van der Waals surface area (Å²) in [6.07, 6.45) is 5.35. The number of hydrogen-bond acceptors (Lipinski definition) is 4. The SMILES string of the molecule is CS(=O)(=O)c1ccc(CNC(=O)c2cccc(C#CCc3cccc(-c4cccnc4)c3)c2)cc1. The second-order valence-corrected chi connectivity index (χ2v) is 10.1. The van der Waals surface area contributed by atoms with Crippen molar-refractivity contribution >= 4 is 15.7 Å². The summed E-state index contributed by atoms with van der Waals surface area (Å²) in [6, 6.07) is 25.8. The van der Waals surface area contributed by atoms with Crippen molar-refractivity contribution in [1.82, 2.24) is 10.3 Å². The third-order valence-electron chi connectivity index (χ3n) is 5.38. The van der Waals surface area contributed by atoms with Crippen LogP contribution in [0.4, 0.5) is 0 Å². The Morgan fingerprint density at radius 3 is 2.40 bits per heavy atom. The van der Waals surface area contributed by atoms with Gasteiger partial charge in [0.1, 0.15) is 0 Å². The minimum Gasteiger partial charge on any atom is -0.348 e. The van der Waals surface area contributed by atoms with Gasteiger partial charge in [0.25, 0.3) is 5.91 Å². The number of carbonyl (C=O) groups excluding carboxylic acids is 1. The van der Waals surface area contributed by atoms with Crippen LogP contribution in [0, 0.1) is 11.8 Å². The molecule has 35 heavy (non-hydrogen) atoms. The fourth-order valence-corrected chi connectivity index (χ4v) is 4.15. The first kappa shape index (κ1) is 23.9. The van der Waals surface area contributed by atoms with E-state index in [1.165, 1.54) is 6.26 Å². The quantitative estimate of drug-likeness (QED) is 0.407. The smallest absolute Gasteiger partial charge is 0.251 e. The van der Waals surface area contributed by atoms with Gasteiger partial charge in [-0.25, -0.2) is 8.42 Å². The zero-order valence-corrected chi connectivity index (χ0v) is 20.0. The van der Waals surface area contributed by atoms with Gasteiger partial charge < -0.3 is 5.32 Å². The van der Waals surface area contributed by atoms with E-state index < -0.39 is 9.84 Å². The molecule has 0 fully saturated rings. The lowest BCUT2D eigenvalue weighted by molar-refractivity contribution is 0.0951. The van der Waals surface area contributed by atoms with Gasteiger partial charge in [-0.2, -0.15) is 0 Å². The van der Waals surface area contributed by atoms with Gasteiger partial charge in [-0.3, -0.25) is 9.78 Å². The van der Waals surface area contributed by atoms with Crippen LogP contribution >= 0.6 is 0 Å². The Kier molecular flexibility index (Phi) is 7.39. The van der Waals surface area contributed by atoms with Crippen LogP contribution in [-0.2, 0) is 22.8 Å². The van der Waals surface area contributed by atoms with Crippen molar-refractivity contribution < 1.29 is 13.2 Å². The summed E-state index contributed by atoms with van der Waals surface area (Å²) < 4.78 is 23.1. The number of carbonyl (C=O) groups is 1. The first-order valence-corrected chi connectivity index (χ1v) is 12.9. The van der Waals surface area contributed by atoms with E-state index in [1.54, 1.807) is 42.6 Å². The molecule has 0 aliphatic heterocycles. The lowest BCUT2D eigenvalue weighted by Crippen LogP contribution is -2.22. The summed E-state index contributed by atoms with van der Waals surface area (Å²) in [5, 5.41) is 2.86. The lowest BCUT2D eigenvalue weighted by atomic mass is 10.0. The molecule has 0 unspecified atom stereocenters. The van der Waals surface area contributed by atoms with E-state index >= 15 is 0 Å². The zero-order valence-electron chi connectivity index (χ0n) is 19.2. The molecule has 0 bridgehead atoms. The fourth-order valence-electron chi connectivity index (χ4n) is 3.52. The van der Waals surface area contributed by atoms with Crippen molar-refractivity contribution in [3.8, 4) is 23.0 Å². The van der Waals surface area contributed by atoms with Crippen LogP contribution in [0.1, 0.15) is 27.0 Å². The van der Waals surface area contributed by atoms with E-state index in [0.717, 1.165) is 27.8 Å². The maximum Gasteiger partial charge on any atom is 0.251 e. The van der Waals surface area contributed by atoms with Crippen LogP contribution < -0.4 is 5.32 Å². The lowest BCUT2D eigenvalue weighted by Gasteiger charge is -2.07. The Balaban J connectivity index is 1.38. The van der Waals surface area contributed by atoms with Crippen molar-refractivity contribution in [3.05, 3.63) is 120 Å². The van der Waals surface area contributed by atoms with Crippen LogP contribution in [0.15, 0.2) is 102 Å². The molecule has 0 saturated carbocycles. The normalized spacial score (nSPS) is 10.8. The van der Waals surface area contributed by atoms with Crippen LogP contribution in [0.25, 0.3) is 11.1 Å². The van der Waals surface area contributed by atoms with Gasteiger partial charge in [0.05, 0.1) is 4.90 Å². The van der Waals surface area contributed by atoms with Gasteiger partial charge in [0.15, 0.2) is 9.84 Å². The van der Waals surface area contributed by atoms with E-state index in [1.807, 2.05) is 42.6 Å². The summed E-state index contributed by atoms with van der Waals surface area (Å²) in [4.78, 5) is 17.0. The number of rotatable bonds is 6. The molecule has 1 amide bonds. The molecule has 0 saturated heterocycles. The first-order chi connectivity index (χ1) is 16.9. The van der Waals surface area contributed by atoms with Crippen LogP contribution in [-0.4, -0.2) is 25.6 Å². The molecule has 3 aromatic carbocycles. The van der Waals surface area contributed by atoms with Crippen molar-refractivity contribution in [2.24, 2.45) is 0 Å². The molecule has 5 nitrogen and oxygen atoms in total. The van der Waals surface area contributed by atoms with Crippen molar-refractivity contribution in [1.29, 1.82) is 0 Å². The summed E-state index contributed by atoms with van der Waals surface area (Å²) in [5.74, 6) is 6.12. The van der Waals surface area contributed by atoms with E-state index in [9.17, 15) is 13.2 Å². The van der Waals surface area contributed by atoms with Crippen molar-refractivity contribution in [2.45, 2.75) is 17.9 Å². The number of aromatic nitrogens is 1. The third-order valence-corrected chi connectivity index (χ3v) is 6.50. The summed E-state index contributed by atoms with van der Waals surface area (Å²) in [5.41, 5.74) is 5.36. The second kappa shape index (κ2) is 10.8. The standard InChI is InChI=1S/C29H24N2O3S/c1-35(33,34)28-15-13-24(14-16-28)20-31-29(32)26-11-4-9-23(19-26)7-2-6-22-8-3-10-25(18-22)27-12-5-17-30-21-27/h3-5,8-19,21H,6,20H2,1H3,(H,31,32). The molecular formula is C29H24N2O3S. The fraction of sp³-hybridized carbons (Fsp3) is 0.103. The molecular weight excluding hydrogens is 456 g/mol. The Morgan fingerprint density at radius 2 is 1.66 bits per heavy atom. The predicted octanol–water partition coefficient (Wildman–Crippen LogP) is 4.68. The molecule has 0 atom stereocenters. The maximum absolute atomic E-state index is 12.6. The Morgan fingerprint density at radius 1 is 0.886 bits per heavy atom. The van der Waals surface area contributed by atoms with Crippen LogP contribution in [0.2, 0.25) is 0 Å². The number of nitrogens with zero attached hydrogens (tertiary/aromatic N) is 1. The van der Waals surface area contributed by atoms with Crippen molar-refractivity contribution in [3.63, 3.8) is 0 Å². The average molecular weight is 481 g/mol. The highest BCUT2D eigenvalue weighted by Gasteiger charge is 2.08. The summed E-state index contributed by atoms with van der Waals surface area (Å²) >= 11 is 0. The molecule has 0 aliphatic carbocycles. The van der Waals surface area contributed by atoms with Gasteiger partial charge in [0.2, 0.25) is 0 Å². The number of pyridine rings is 1. The molecule has 1 N–H and O–H groups in total. The van der Waals surface area contributed by atoms with E-state index in [0.29, 0.717) is 18.5 Å². The molecule has 1 heterocycles. The minimum atomic E-state index is -3.24. The topological polar surface area (TPSA) is 76.1 Å². The zero-order chi connectivity index (χ0) is 24.7. The monoisotopic (exact) mass is 480 g/mol. The summed E-state index contributed by atoms with van der Waals surface area (Å²) in [7, 11) is -3.24. The highest BCUT2D eigenvalue weighted by Crippen LogP contribution is 2.19. The molecule has 1 aromatic heterocycles. The Bertz CT molecular complexity index is 1500. The molecule has 0 spiro atoms. The largest absolute Gasteiger partial charge is 0.348 e.